The summed E-state index contributed by atoms with van der Waals surface area (Å²) in [5.74, 6) is 0.799. The van der Waals surface area contributed by atoms with Crippen molar-refractivity contribution in [2.24, 2.45) is 0 Å². The quantitative estimate of drug-likeness (QED) is 0.789. The standard InChI is InChI=1S/C24H29NO5/c26-20-15-24(30-17-21(20)27)10-12-25(13-11-24)23(28)14-19-8-4-5-9-22(19)29-16-18-6-2-1-3-7-18/h1-9,20-21,26-27H,10-17H2/t20-,21+/m1/s1. The van der Waals surface area contributed by atoms with Crippen LogP contribution in [0.2, 0.25) is 0 Å². The highest BCUT2D eigenvalue weighted by Gasteiger charge is 2.43. The van der Waals surface area contributed by atoms with Crippen LogP contribution in [0.25, 0.3) is 0 Å². The van der Waals surface area contributed by atoms with E-state index in [1.807, 2.05) is 59.5 Å². The number of hydrogen-bond acceptors (Lipinski definition) is 5. The second-order valence-electron chi connectivity index (χ2n) is 8.27. The van der Waals surface area contributed by atoms with Crippen molar-refractivity contribution in [2.75, 3.05) is 19.7 Å². The molecule has 160 valence electrons. The first-order valence-electron chi connectivity index (χ1n) is 10.6. The van der Waals surface area contributed by atoms with Gasteiger partial charge in [-0.1, -0.05) is 48.5 Å². The predicted octanol–water partition coefficient (Wildman–Crippen LogP) is 2.31. The van der Waals surface area contributed by atoms with Crippen molar-refractivity contribution >= 4 is 5.91 Å². The van der Waals surface area contributed by atoms with Gasteiger partial charge in [-0.2, -0.15) is 0 Å². The van der Waals surface area contributed by atoms with Gasteiger partial charge in [0.05, 0.1) is 24.7 Å². The summed E-state index contributed by atoms with van der Waals surface area (Å²) in [7, 11) is 0. The first-order valence-corrected chi connectivity index (χ1v) is 10.6. The second kappa shape index (κ2) is 9.16. The van der Waals surface area contributed by atoms with Gasteiger partial charge in [-0.15, -0.1) is 0 Å². The summed E-state index contributed by atoms with van der Waals surface area (Å²) in [5.41, 5.74) is 1.54. The maximum atomic E-state index is 12.9. The number of rotatable bonds is 5. The van der Waals surface area contributed by atoms with Crippen LogP contribution in [0.4, 0.5) is 0 Å². The minimum Gasteiger partial charge on any atom is -0.489 e. The lowest BCUT2D eigenvalue weighted by atomic mass is 9.82. The lowest BCUT2D eigenvalue weighted by molar-refractivity contribution is -0.188. The van der Waals surface area contributed by atoms with Crippen molar-refractivity contribution in [3.8, 4) is 5.75 Å². The number of aliphatic hydroxyl groups is 2. The smallest absolute Gasteiger partial charge is 0.227 e. The molecule has 2 fully saturated rings. The Hall–Kier alpha value is -2.41. The van der Waals surface area contributed by atoms with Gasteiger partial charge in [0.1, 0.15) is 18.5 Å². The van der Waals surface area contributed by atoms with Crippen LogP contribution in [0.5, 0.6) is 5.75 Å². The predicted molar refractivity (Wildman–Crippen MR) is 112 cm³/mol. The molecule has 2 aromatic carbocycles. The number of hydrogen-bond donors (Lipinski definition) is 2. The summed E-state index contributed by atoms with van der Waals surface area (Å²) >= 11 is 0. The molecule has 0 saturated carbocycles. The highest BCUT2D eigenvalue weighted by Crippen LogP contribution is 2.35. The molecule has 1 spiro atoms. The minimum absolute atomic E-state index is 0.0667. The van der Waals surface area contributed by atoms with Gasteiger partial charge in [-0.05, 0) is 24.5 Å². The number of carbonyl (C=O) groups is 1. The molecule has 2 atom stereocenters. The molecule has 0 aromatic heterocycles. The molecular weight excluding hydrogens is 382 g/mol. The molecule has 1 amide bonds. The Balaban J connectivity index is 1.33. The van der Waals surface area contributed by atoms with Crippen LogP contribution in [-0.2, 0) is 22.6 Å². The van der Waals surface area contributed by atoms with Crippen molar-refractivity contribution in [2.45, 2.75) is 50.1 Å². The van der Waals surface area contributed by atoms with Crippen LogP contribution in [0, 0.1) is 0 Å². The summed E-state index contributed by atoms with van der Waals surface area (Å²) in [6, 6.07) is 17.6. The molecule has 2 aliphatic rings. The molecule has 2 aromatic rings. The largest absolute Gasteiger partial charge is 0.489 e. The third kappa shape index (κ3) is 4.83. The van der Waals surface area contributed by atoms with Gasteiger partial charge in [0, 0.05) is 25.1 Å². The van der Waals surface area contributed by atoms with Crippen LogP contribution in [-0.4, -0.2) is 58.5 Å². The Labute approximate surface area is 177 Å². The first-order chi connectivity index (χ1) is 14.5. The van der Waals surface area contributed by atoms with E-state index in [0.717, 1.165) is 16.9 Å². The van der Waals surface area contributed by atoms with Crippen molar-refractivity contribution in [1.29, 1.82) is 0 Å². The molecule has 2 N–H and O–H groups in total. The third-order valence-corrected chi connectivity index (χ3v) is 6.16. The summed E-state index contributed by atoms with van der Waals surface area (Å²) < 4.78 is 11.8. The monoisotopic (exact) mass is 411 g/mol. The number of likely N-dealkylation sites (tertiary alicyclic amines) is 1. The van der Waals surface area contributed by atoms with Gasteiger partial charge in [-0.25, -0.2) is 0 Å². The Kier molecular flexibility index (Phi) is 6.37. The average Bonchev–Trinajstić information content (AvgIpc) is 2.77. The maximum absolute atomic E-state index is 12.9. The molecule has 2 saturated heterocycles. The van der Waals surface area contributed by atoms with E-state index < -0.39 is 17.8 Å². The molecule has 0 aliphatic carbocycles. The second-order valence-corrected chi connectivity index (χ2v) is 8.27. The Morgan fingerprint density at radius 1 is 1.03 bits per heavy atom. The number of para-hydroxylation sites is 1. The fourth-order valence-corrected chi connectivity index (χ4v) is 4.26. The van der Waals surface area contributed by atoms with Crippen LogP contribution in [0.15, 0.2) is 54.6 Å². The summed E-state index contributed by atoms with van der Waals surface area (Å²) in [6.45, 7) is 1.80. The minimum atomic E-state index is -0.817. The number of nitrogens with zero attached hydrogens (tertiary/aromatic N) is 1. The van der Waals surface area contributed by atoms with Crippen molar-refractivity contribution in [1.82, 2.24) is 4.90 Å². The molecule has 0 bridgehead atoms. The Morgan fingerprint density at radius 3 is 2.47 bits per heavy atom. The molecule has 2 aliphatic heterocycles. The molecule has 6 nitrogen and oxygen atoms in total. The number of piperidine rings is 1. The number of carbonyl (C=O) groups excluding carboxylic acids is 1. The molecule has 30 heavy (non-hydrogen) atoms. The lowest BCUT2D eigenvalue weighted by Crippen LogP contribution is -2.55. The zero-order valence-corrected chi connectivity index (χ0v) is 17.1. The normalized spacial score (nSPS) is 23.3. The maximum Gasteiger partial charge on any atom is 0.227 e. The highest BCUT2D eigenvalue weighted by molar-refractivity contribution is 5.79. The van der Waals surface area contributed by atoms with E-state index in [1.54, 1.807) is 0 Å². The topological polar surface area (TPSA) is 79.2 Å². The van der Waals surface area contributed by atoms with Gasteiger partial charge in [0.15, 0.2) is 0 Å². The third-order valence-electron chi connectivity index (χ3n) is 6.16. The van der Waals surface area contributed by atoms with Crippen molar-refractivity contribution < 1.29 is 24.5 Å². The van der Waals surface area contributed by atoms with E-state index in [4.69, 9.17) is 9.47 Å². The van der Waals surface area contributed by atoms with Crippen molar-refractivity contribution in [3.63, 3.8) is 0 Å². The van der Waals surface area contributed by atoms with Gasteiger partial charge >= 0.3 is 0 Å². The van der Waals surface area contributed by atoms with E-state index in [9.17, 15) is 15.0 Å². The van der Waals surface area contributed by atoms with E-state index in [0.29, 0.717) is 45.4 Å². The van der Waals surface area contributed by atoms with Crippen molar-refractivity contribution in [3.05, 3.63) is 65.7 Å². The van der Waals surface area contributed by atoms with Crippen LogP contribution < -0.4 is 4.74 Å². The number of aliphatic hydroxyl groups excluding tert-OH is 2. The SMILES string of the molecule is O=C(Cc1ccccc1OCc1ccccc1)N1CCC2(CC1)C[C@@H](O)[C@@H](O)CO2. The fraction of sp³-hybridized carbons (Fsp3) is 0.458. The average molecular weight is 411 g/mol. The van der Waals surface area contributed by atoms with Gasteiger partial charge < -0.3 is 24.6 Å². The fourth-order valence-electron chi connectivity index (χ4n) is 4.26. The van der Waals surface area contributed by atoms with Gasteiger partial charge in [0.2, 0.25) is 5.91 Å². The van der Waals surface area contributed by atoms with Crippen LogP contribution in [0.1, 0.15) is 30.4 Å². The van der Waals surface area contributed by atoms with E-state index in [-0.39, 0.29) is 12.5 Å². The van der Waals surface area contributed by atoms with Gasteiger partial charge in [0.25, 0.3) is 0 Å². The van der Waals surface area contributed by atoms with Gasteiger partial charge in [-0.3, -0.25) is 4.79 Å². The molecular formula is C24H29NO5. The Morgan fingerprint density at radius 2 is 1.73 bits per heavy atom. The zero-order valence-electron chi connectivity index (χ0n) is 17.1. The number of ether oxygens (including phenoxy) is 2. The van der Waals surface area contributed by atoms with Crippen LogP contribution in [0.3, 0.4) is 0 Å². The van der Waals surface area contributed by atoms with Crippen LogP contribution >= 0.6 is 0 Å². The van der Waals surface area contributed by atoms with E-state index in [1.165, 1.54) is 0 Å². The molecule has 6 heteroatoms. The summed E-state index contributed by atoms with van der Waals surface area (Å²) in [6.07, 6.45) is 0.493. The first kappa shape index (κ1) is 20.8. The molecule has 2 heterocycles. The summed E-state index contributed by atoms with van der Waals surface area (Å²) in [5, 5.41) is 19.7. The number of amides is 1. The molecule has 4 rings (SSSR count). The molecule has 0 unspecified atom stereocenters. The summed E-state index contributed by atoms with van der Waals surface area (Å²) in [4.78, 5) is 14.8. The van der Waals surface area contributed by atoms with E-state index >= 15 is 0 Å². The lowest BCUT2D eigenvalue weighted by Gasteiger charge is -2.46. The van der Waals surface area contributed by atoms with E-state index in [2.05, 4.69) is 0 Å². The molecule has 0 radical (unpaired) electrons. The zero-order chi connectivity index (χ0) is 21.0. The number of benzene rings is 2. The Bertz CT molecular complexity index is 848. The highest BCUT2D eigenvalue weighted by atomic mass is 16.5.